The first kappa shape index (κ1) is 13.7. The maximum atomic E-state index is 5.92. The van der Waals surface area contributed by atoms with E-state index >= 15 is 0 Å². The summed E-state index contributed by atoms with van der Waals surface area (Å²) in [6.07, 6.45) is 5.27. The van der Waals surface area contributed by atoms with Gasteiger partial charge in [0.25, 0.3) is 0 Å². The van der Waals surface area contributed by atoms with Gasteiger partial charge < -0.3 is 15.4 Å². The lowest BCUT2D eigenvalue weighted by Gasteiger charge is -2.34. The largest absolute Gasteiger partial charge is 0.378 e. The Hall–Kier alpha value is -0.770. The number of rotatable bonds is 3. The van der Waals surface area contributed by atoms with Gasteiger partial charge in [-0.1, -0.05) is 13.8 Å². The van der Waals surface area contributed by atoms with Gasteiger partial charge in [-0.05, 0) is 31.6 Å². The summed E-state index contributed by atoms with van der Waals surface area (Å²) in [5, 5.41) is 6.84. The zero-order chi connectivity index (χ0) is 12.8. The van der Waals surface area contributed by atoms with Crippen molar-refractivity contribution in [3.63, 3.8) is 0 Å². The standard InChI is InChI=1S/C14H27N3O/c1-11(2)13-12(6-5-9-18-13)10-17-14-15-7-3-4-8-16-14/h11-13H,3-10H2,1-2H3,(H2,15,16,17)/t12-,13-/m0/s1. The van der Waals surface area contributed by atoms with Gasteiger partial charge in [0.2, 0.25) is 0 Å². The topological polar surface area (TPSA) is 45.6 Å². The summed E-state index contributed by atoms with van der Waals surface area (Å²) in [6, 6.07) is 0. The van der Waals surface area contributed by atoms with E-state index in [0.717, 1.165) is 32.2 Å². The molecule has 0 aromatic rings. The Morgan fingerprint density at radius 1 is 1.39 bits per heavy atom. The summed E-state index contributed by atoms with van der Waals surface area (Å²) in [5.74, 6) is 2.20. The van der Waals surface area contributed by atoms with Crippen molar-refractivity contribution in [1.82, 2.24) is 10.6 Å². The highest BCUT2D eigenvalue weighted by Gasteiger charge is 2.28. The molecule has 0 bridgehead atoms. The van der Waals surface area contributed by atoms with E-state index in [1.165, 1.54) is 25.7 Å². The van der Waals surface area contributed by atoms with E-state index in [9.17, 15) is 0 Å². The third-order valence-corrected chi connectivity index (χ3v) is 3.83. The smallest absolute Gasteiger partial charge is 0.191 e. The number of nitrogens with one attached hydrogen (secondary N) is 2. The molecule has 2 aliphatic heterocycles. The lowest BCUT2D eigenvalue weighted by molar-refractivity contribution is -0.0505. The van der Waals surface area contributed by atoms with Crippen molar-refractivity contribution in [3.8, 4) is 0 Å². The Morgan fingerprint density at radius 3 is 3.11 bits per heavy atom. The average molecular weight is 253 g/mol. The predicted molar refractivity (Wildman–Crippen MR) is 74.8 cm³/mol. The first-order valence-corrected chi connectivity index (χ1v) is 7.41. The molecule has 4 heteroatoms. The van der Waals surface area contributed by atoms with Crippen molar-refractivity contribution in [2.24, 2.45) is 16.8 Å². The molecule has 0 unspecified atom stereocenters. The van der Waals surface area contributed by atoms with Gasteiger partial charge >= 0.3 is 0 Å². The third kappa shape index (κ3) is 3.87. The number of nitrogens with zero attached hydrogens (tertiary/aromatic N) is 1. The van der Waals surface area contributed by atoms with Crippen molar-refractivity contribution in [1.29, 1.82) is 0 Å². The normalized spacial score (nSPS) is 29.4. The van der Waals surface area contributed by atoms with E-state index in [1.807, 2.05) is 0 Å². The molecule has 104 valence electrons. The van der Waals surface area contributed by atoms with Crippen LogP contribution in [0.25, 0.3) is 0 Å². The summed E-state index contributed by atoms with van der Waals surface area (Å²) in [7, 11) is 0. The Labute approximate surface area is 111 Å². The van der Waals surface area contributed by atoms with Gasteiger partial charge in [0.1, 0.15) is 0 Å². The van der Waals surface area contributed by atoms with Crippen LogP contribution >= 0.6 is 0 Å². The predicted octanol–water partition coefficient (Wildman–Crippen LogP) is 1.77. The molecule has 0 aromatic carbocycles. The monoisotopic (exact) mass is 253 g/mol. The van der Waals surface area contributed by atoms with Gasteiger partial charge in [-0.15, -0.1) is 0 Å². The van der Waals surface area contributed by atoms with E-state index in [0.29, 0.717) is 17.9 Å². The molecule has 4 nitrogen and oxygen atoms in total. The zero-order valence-corrected chi connectivity index (χ0v) is 11.7. The van der Waals surface area contributed by atoms with Gasteiger partial charge in [0.15, 0.2) is 5.96 Å². The quantitative estimate of drug-likeness (QED) is 0.806. The third-order valence-electron chi connectivity index (χ3n) is 3.83. The van der Waals surface area contributed by atoms with E-state index in [1.54, 1.807) is 0 Å². The van der Waals surface area contributed by atoms with E-state index < -0.39 is 0 Å². The fourth-order valence-electron chi connectivity index (χ4n) is 2.86. The fraction of sp³-hybridized carbons (Fsp3) is 0.929. The molecule has 0 saturated carbocycles. The first-order chi connectivity index (χ1) is 8.77. The van der Waals surface area contributed by atoms with Crippen LogP contribution in [0.5, 0.6) is 0 Å². The number of hydrogen-bond acceptors (Lipinski definition) is 4. The van der Waals surface area contributed by atoms with Crippen molar-refractivity contribution in [2.45, 2.75) is 45.6 Å². The van der Waals surface area contributed by atoms with Crippen LogP contribution in [0.15, 0.2) is 4.99 Å². The molecule has 0 radical (unpaired) electrons. The van der Waals surface area contributed by atoms with Gasteiger partial charge in [-0.2, -0.15) is 0 Å². The molecule has 2 N–H and O–H groups in total. The van der Waals surface area contributed by atoms with Crippen LogP contribution in [0.2, 0.25) is 0 Å². The molecular formula is C14H27N3O. The molecule has 18 heavy (non-hydrogen) atoms. The van der Waals surface area contributed by atoms with E-state index in [-0.39, 0.29) is 0 Å². The minimum absolute atomic E-state index is 0.401. The Balaban J connectivity index is 1.81. The van der Waals surface area contributed by atoms with Crippen LogP contribution in [-0.4, -0.2) is 38.3 Å². The summed E-state index contributed by atoms with van der Waals surface area (Å²) in [5.41, 5.74) is 0. The maximum Gasteiger partial charge on any atom is 0.191 e. The highest BCUT2D eigenvalue weighted by Crippen LogP contribution is 2.25. The van der Waals surface area contributed by atoms with E-state index in [4.69, 9.17) is 4.74 Å². The number of aliphatic imine (C=N–C) groups is 1. The second-order valence-electron chi connectivity index (χ2n) is 5.73. The SMILES string of the molecule is CC(C)[C@@H]1OCCC[C@H]1CNC1=NCCCCN1. The molecule has 0 spiro atoms. The van der Waals surface area contributed by atoms with Crippen molar-refractivity contribution >= 4 is 5.96 Å². The number of guanidine groups is 1. The van der Waals surface area contributed by atoms with Gasteiger partial charge in [0, 0.05) is 32.2 Å². The molecule has 0 amide bonds. The maximum absolute atomic E-state index is 5.92. The molecular weight excluding hydrogens is 226 g/mol. The first-order valence-electron chi connectivity index (χ1n) is 7.41. The highest BCUT2D eigenvalue weighted by atomic mass is 16.5. The molecule has 1 saturated heterocycles. The van der Waals surface area contributed by atoms with Crippen LogP contribution < -0.4 is 10.6 Å². The molecule has 2 rings (SSSR count). The molecule has 1 fully saturated rings. The van der Waals surface area contributed by atoms with Gasteiger partial charge in [-0.3, -0.25) is 4.99 Å². The number of ether oxygens (including phenoxy) is 1. The van der Waals surface area contributed by atoms with Crippen molar-refractivity contribution in [3.05, 3.63) is 0 Å². The summed E-state index contributed by atoms with van der Waals surface area (Å²) in [4.78, 5) is 4.53. The lowest BCUT2D eigenvalue weighted by atomic mass is 9.87. The Bertz CT molecular complexity index is 278. The minimum Gasteiger partial charge on any atom is -0.378 e. The summed E-state index contributed by atoms with van der Waals surface area (Å²) < 4.78 is 5.92. The van der Waals surface area contributed by atoms with Crippen LogP contribution in [0.1, 0.15) is 39.5 Å². The van der Waals surface area contributed by atoms with Crippen LogP contribution in [-0.2, 0) is 4.74 Å². The van der Waals surface area contributed by atoms with Gasteiger partial charge in [0.05, 0.1) is 6.10 Å². The molecule has 2 heterocycles. The molecule has 2 aliphatic rings. The average Bonchev–Trinajstić information content (AvgIpc) is 2.65. The van der Waals surface area contributed by atoms with Gasteiger partial charge in [-0.25, -0.2) is 0 Å². The number of hydrogen-bond donors (Lipinski definition) is 2. The van der Waals surface area contributed by atoms with Crippen LogP contribution in [0.4, 0.5) is 0 Å². The second-order valence-corrected chi connectivity index (χ2v) is 5.73. The Kier molecular flexibility index (Phi) is 5.29. The minimum atomic E-state index is 0.401. The zero-order valence-electron chi connectivity index (χ0n) is 11.7. The fourth-order valence-corrected chi connectivity index (χ4v) is 2.86. The second kappa shape index (κ2) is 6.98. The summed E-state index contributed by atoms with van der Waals surface area (Å²) >= 11 is 0. The van der Waals surface area contributed by atoms with Crippen LogP contribution in [0, 0.1) is 11.8 Å². The van der Waals surface area contributed by atoms with E-state index in [2.05, 4.69) is 29.5 Å². The van der Waals surface area contributed by atoms with Crippen molar-refractivity contribution < 1.29 is 4.74 Å². The Morgan fingerprint density at radius 2 is 2.28 bits per heavy atom. The molecule has 0 aliphatic carbocycles. The summed E-state index contributed by atoms with van der Waals surface area (Å²) in [6.45, 7) is 8.41. The molecule has 0 aromatic heterocycles. The molecule has 2 atom stereocenters. The van der Waals surface area contributed by atoms with Crippen LogP contribution in [0.3, 0.4) is 0 Å². The lowest BCUT2D eigenvalue weighted by Crippen LogP contribution is -2.45. The van der Waals surface area contributed by atoms with Crippen molar-refractivity contribution in [2.75, 3.05) is 26.2 Å². The highest BCUT2D eigenvalue weighted by molar-refractivity contribution is 5.79.